The molecular formula is C49H35NO. The number of hydrogen-bond acceptors (Lipinski definition) is 2. The quantitative estimate of drug-likeness (QED) is 0.184. The molecule has 0 saturated heterocycles. The molecule has 0 unspecified atom stereocenters. The van der Waals surface area contributed by atoms with Gasteiger partial charge in [-0.2, -0.15) is 0 Å². The third-order valence-electron chi connectivity index (χ3n) is 10.9. The van der Waals surface area contributed by atoms with Crippen LogP contribution < -0.4 is 4.90 Å². The normalized spacial score (nSPS) is 13.1. The van der Waals surface area contributed by atoms with Crippen LogP contribution in [0.15, 0.2) is 180 Å². The third kappa shape index (κ3) is 4.71. The van der Waals surface area contributed by atoms with Crippen LogP contribution in [-0.4, -0.2) is 0 Å². The predicted octanol–water partition coefficient (Wildman–Crippen LogP) is 13.8. The van der Waals surface area contributed by atoms with E-state index in [9.17, 15) is 0 Å². The molecule has 0 saturated carbocycles. The molecule has 0 spiro atoms. The van der Waals surface area contributed by atoms with Crippen molar-refractivity contribution >= 4 is 49.8 Å². The molecule has 242 valence electrons. The van der Waals surface area contributed by atoms with Gasteiger partial charge in [0, 0.05) is 33.2 Å². The fourth-order valence-corrected chi connectivity index (χ4v) is 8.26. The highest BCUT2D eigenvalue weighted by molar-refractivity contribution is 6.19. The van der Waals surface area contributed by atoms with Gasteiger partial charge in [0.1, 0.15) is 11.2 Å². The van der Waals surface area contributed by atoms with Crippen LogP contribution in [0.5, 0.6) is 0 Å². The molecule has 0 aliphatic heterocycles. The zero-order chi connectivity index (χ0) is 34.1. The maximum absolute atomic E-state index is 6.16. The largest absolute Gasteiger partial charge is 0.456 e. The molecular weight excluding hydrogens is 619 g/mol. The van der Waals surface area contributed by atoms with E-state index in [1.54, 1.807) is 0 Å². The van der Waals surface area contributed by atoms with Crippen LogP contribution in [0.1, 0.15) is 25.0 Å². The molecule has 0 radical (unpaired) electrons. The van der Waals surface area contributed by atoms with Crippen LogP contribution in [0.3, 0.4) is 0 Å². The lowest BCUT2D eigenvalue weighted by molar-refractivity contribution is 0.660. The van der Waals surface area contributed by atoms with Crippen LogP contribution in [-0.2, 0) is 5.41 Å². The van der Waals surface area contributed by atoms with Crippen LogP contribution in [0.2, 0.25) is 0 Å². The van der Waals surface area contributed by atoms with Crippen molar-refractivity contribution in [1.82, 2.24) is 0 Å². The minimum Gasteiger partial charge on any atom is -0.456 e. The molecule has 1 heterocycles. The van der Waals surface area contributed by atoms with E-state index in [0.29, 0.717) is 0 Å². The fraction of sp³-hybridized carbons (Fsp3) is 0.0612. The SMILES string of the molecule is CC1(C)c2ccccc2-c2cc(N(c3ccc(-c4ccccc4)cc3)c3ccc(-c4ccc5c(ccc6oc7ccccc7c65)c4)cc3)ccc21. The van der Waals surface area contributed by atoms with Crippen LogP contribution in [0.4, 0.5) is 17.1 Å². The topological polar surface area (TPSA) is 16.4 Å². The zero-order valence-electron chi connectivity index (χ0n) is 28.6. The maximum Gasteiger partial charge on any atom is 0.136 e. The van der Waals surface area contributed by atoms with E-state index in [1.807, 2.05) is 12.1 Å². The summed E-state index contributed by atoms with van der Waals surface area (Å²) in [5, 5.41) is 4.76. The molecule has 8 aromatic carbocycles. The Labute approximate surface area is 297 Å². The molecule has 51 heavy (non-hydrogen) atoms. The Morgan fingerprint density at radius 2 is 1.02 bits per heavy atom. The first-order valence-electron chi connectivity index (χ1n) is 17.7. The number of para-hydroxylation sites is 1. The van der Waals surface area contributed by atoms with E-state index in [2.05, 4.69) is 183 Å². The summed E-state index contributed by atoms with van der Waals surface area (Å²) in [7, 11) is 0. The van der Waals surface area contributed by atoms with Crippen molar-refractivity contribution in [2.75, 3.05) is 4.90 Å². The Morgan fingerprint density at radius 3 is 1.80 bits per heavy atom. The van der Waals surface area contributed by atoms with Gasteiger partial charge < -0.3 is 9.32 Å². The van der Waals surface area contributed by atoms with Crippen LogP contribution in [0, 0.1) is 0 Å². The van der Waals surface area contributed by atoms with Crippen molar-refractivity contribution in [1.29, 1.82) is 0 Å². The van der Waals surface area contributed by atoms with Crippen molar-refractivity contribution in [2.45, 2.75) is 19.3 Å². The Balaban J connectivity index is 1.06. The summed E-state index contributed by atoms with van der Waals surface area (Å²) in [4.78, 5) is 2.38. The van der Waals surface area contributed by atoms with Gasteiger partial charge in [-0.1, -0.05) is 135 Å². The lowest BCUT2D eigenvalue weighted by Crippen LogP contribution is -2.15. The van der Waals surface area contributed by atoms with Gasteiger partial charge in [-0.15, -0.1) is 0 Å². The first-order valence-corrected chi connectivity index (χ1v) is 17.7. The average Bonchev–Trinajstić information content (AvgIpc) is 3.68. The highest BCUT2D eigenvalue weighted by atomic mass is 16.3. The molecule has 10 rings (SSSR count). The molecule has 2 heteroatoms. The van der Waals surface area contributed by atoms with E-state index in [1.165, 1.54) is 60.7 Å². The van der Waals surface area contributed by atoms with E-state index in [4.69, 9.17) is 4.42 Å². The molecule has 0 amide bonds. The molecule has 0 fully saturated rings. The molecule has 0 atom stereocenters. The highest BCUT2D eigenvalue weighted by Gasteiger charge is 2.35. The maximum atomic E-state index is 6.16. The van der Waals surface area contributed by atoms with Gasteiger partial charge in [-0.3, -0.25) is 0 Å². The van der Waals surface area contributed by atoms with Crippen molar-refractivity contribution in [3.05, 3.63) is 187 Å². The molecule has 1 aliphatic rings. The minimum absolute atomic E-state index is 0.0371. The average molecular weight is 654 g/mol. The smallest absolute Gasteiger partial charge is 0.136 e. The number of rotatable bonds is 5. The third-order valence-corrected chi connectivity index (χ3v) is 10.9. The second-order valence-electron chi connectivity index (χ2n) is 14.2. The second kappa shape index (κ2) is 11.3. The van der Waals surface area contributed by atoms with Gasteiger partial charge in [0.15, 0.2) is 0 Å². The number of anilines is 3. The summed E-state index contributed by atoms with van der Waals surface area (Å²) in [5.41, 5.74) is 15.4. The lowest BCUT2D eigenvalue weighted by Gasteiger charge is -2.27. The van der Waals surface area contributed by atoms with Gasteiger partial charge >= 0.3 is 0 Å². The van der Waals surface area contributed by atoms with E-state index in [-0.39, 0.29) is 5.41 Å². The highest BCUT2D eigenvalue weighted by Crippen LogP contribution is 2.50. The van der Waals surface area contributed by atoms with Crippen molar-refractivity contribution in [2.24, 2.45) is 0 Å². The van der Waals surface area contributed by atoms with Crippen molar-refractivity contribution < 1.29 is 4.42 Å². The summed E-state index contributed by atoms with van der Waals surface area (Å²) in [6, 6.07) is 63.7. The standard InChI is InChI=1S/C49H35NO/c1-49(2)44-14-8-6-12-41(44)43-31-39(26-28-45(43)49)50(37-22-16-33(17-23-37)32-10-4-3-5-11-32)38-24-18-34(19-25-38)35-20-27-40-36(30-35)21-29-47-48(40)42-13-7-9-15-46(42)51-47/h3-31H,1-2H3. The predicted molar refractivity (Wildman–Crippen MR) is 214 cm³/mol. The van der Waals surface area contributed by atoms with Gasteiger partial charge in [-0.25, -0.2) is 0 Å². The summed E-state index contributed by atoms with van der Waals surface area (Å²) >= 11 is 0. The van der Waals surface area contributed by atoms with Gasteiger partial charge in [0.25, 0.3) is 0 Å². The van der Waals surface area contributed by atoms with Gasteiger partial charge in [-0.05, 0) is 110 Å². The molecule has 9 aromatic rings. The monoisotopic (exact) mass is 653 g/mol. The fourth-order valence-electron chi connectivity index (χ4n) is 8.26. The molecule has 0 bridgehead atoms. The van der Waals surface area contributed by atoms with E-state index >= 15 is 0 Å². The van der Waals surface area contributed by atoms with Gasteiger partial charge in [0.2, 0.25) is 0 Å². The van der Waals surface area contributed by atoms with E-state index in [0.717, 1.165) is 33.6 Å². The summed E-state index contributed by atoms with van der Waals surface area (Å²) < 4.78 is 6.16. The number of hydrogen-bond donors (Lipinski definition) is 0. The first kappa shape index (κ1) is 29.5. The lowest BCUT2D eigenvalue weighted by atomic mass is 9.82. The van der Waals surface area contributed by atoms with Gasteiger partial charge in [0.05, 0.1) is 0 Å². The number of nitrogens with zero attached hydrogens (tertiary/aromatic N) is 1. The Morgan fingerprint density at radius 1 is 0.412 bits per heavy atom. The van der Waals surface area contributed by atoms with Crippen LogP contribution in [0.25, 0.3) is 66.1 Å². The van der Waals surface area contributed by atoms with E-state index < -0.39 is 0 Å². The Hall–Kier alpha value is -6.38. The molecule has 0 N–H and O–H groups in total. The minimum atomic E-state index is -0.0371. The molecule has 1 aromatic heterocycles. The number of benzene rings is 8. The number of fused-ring (bicyclic) bond motifs is 8. The molecule has 1 aliphatic carbocycles. The zero-order valence-corrected chi connectivity index (χ0v) is 28.6. The Bertz CT molecular complexity index is 2750. The Kier molecular flexibility index (Phi) is 6.56. The summed E-state index contributed by atoms with van der Waals surface area (Å²) in [5.74, 6) is 0. The molecule has 2 nitrogen and oxygen atoms in total. The number of furan rings is 1. The second-order valence-corrected chi connectivity index (χ2v) is 14.2. The van der Waals surface area contributed by atoms with Crippen molar-refractivity contribution in [3.8, 4) is 33.4 Å². The van der Waals surface area contributed by atoms with Crippen molar-refractivity contribution in [3.63, 3.8) is 0 Å². The summed E-state index contributed by atoms with van der Waals surface area (Å²) in [6.07, 6.45) is 0. The summed E-state index contributed by atoms with van der Waals surface area (Å²) in [6.45, 7) is 4.67. The van der Waals surface area contributed by atoms with Crippen LogP contribution >= 0.6 is 0 Å². The first-order chi connectivity index (χ1) is 25.0.